The maximum absolute atomic E-state index is 7.39. The van der Waals surface area contributed by atoms with Crippen molar-refractivity contribution in [2.75, 3.05) is 0 Å². The molecule has 4 fully saturated rings. The van der Waals surface area contributed by atoms with Gasteiger partial charge in [0.05, 0.1) is 6.10 Å². The predicted molar refractivity (Wildman–Crippen MR) is 184 cm³/mol. The Bertz CT molecular complexity index is 889. The van der Waals surface area contributed by atoms with Crippen LogP contribution in [0.15, 0.2) is 0 Å². The molecular formula is C35H70O3Si3. The largest absolute Gasteiger partial charge is 0.415 e. The van der Waals surface area contributed by atoms with Gasteiger partial charge in [-0.2, -0.15) is 0 Å². The van der Waals surface area contributed by atoms with Crippen LogP contribution >= 0.6 is 0 Å². The van der Waals surface area contributed by atoms with Gasteiger partial charge in [0.1, 0.15) is 0 Å². The lowest BCUT2D eigenvalue weighted by Crippen LogP contribution is -2.64. The van der Waals surface area contributed by atoms with Crippen LogP contribution in [-0.4, -0.2) is 43.3 Å². The average Bonchev–Trinajstić information content (AvgIpc) is 3.14. The fraction of sp³-hybridized carbons (Fsp3) is 1.00. The maximum Gasteiger partial charge on any atom is 0.184 e. The second-order valence-corrected chi connectivity index (χ2v) is 32.5. The van der Waals surface area contributed by atoms with E-state index in [1.165, 1.54) is 57.8 Å². The summed E-state index contributed by atoms with van der Waals surface area (Å²) in [7, 11) is -4.96. The Kier molecular flexibility index (Phi) is 10.1. The van der Waals surface area contributed by atoms with Crippen LogP contribution in [0.4, 0.5) is 0 Å². The van der Waals surface area contributed by atoms with Gasteiger partial charge in [0.15, 0.2) is 25.0 Å². The second kappa shape index (κ2) is 12.0. The summed E-state index contributed by atoms with van der Waals surface area (Å²) in [6.45, 7) is 34.5. The maximum atomic E-state index is 7.39. The molecule has 0 amide bonds. The fourth-order valence-electron chi connectivity index (χ4n) is 10.6. The molecule has 0 aromatic rings. The molecular weight excluding hydrogens is 553 g/mol. The normalized spacial score (nSPS) is 42.5. The van der Waals surface area contributed by atoms with Crippen molar-refractivity contribution in [3.63, 3.8) is 0 Å². The molecule has 240 valence electrons. The molecule has 3 nitrogen and oxygen atoms in total. The van der Waals surface area contributed by atoms with Crippen molar-refractivity contribution < 1.29 is 13.3 Å². The first-order valence-electron chi connectivity index (χ1n) is 17.7. The molecule has 7 unspecified atom stereocenters. The summed E-state index contributed by atoms with van der Waals surface area (Å²) < 4.78 is 21.5. The highest BCUT2D eigenvalue weighted by atomic mass is 28.4. The second-order valence-electron chi connectivity index (χ2n) is 19.1. The van der Waals surface area contributed by atoms with Crippen LogP contribution in [0, 0.1) is 52.3 Å². The summed E-state index contributed by atoms with van der Waals surface area (Å²) in [5.41, 5.74) is 0.646. The lowest BCUT2D eigenvalue weighted by molar-refractivity contribution is -0.199. The molecule has 4 aliphatic carbocycles. The Morgan fingerprint density at radius 1 is 0.683 bits per heavy atom. The molecule has 41 heavy (non-hydrogen) atoms. The lowest BCUT2D eigenvalue weighted by atomic mass is 9.43. The van der Waals surface area contributed by atoms with Crippen molar-refractivity contribution in [2.24, 2.45) is 52.3 Å². The molecule has 0 bridgehead atoms. The summed E-state index contributed by atoms with van der Waals surface area (Å²) in [4.78, 5) is 0. The minimum atomic E-state index is -1.71. The summed E-state index contributed by atoms with van der Waals surface area (Å²) in [5.74, 6) is 5.16. The molecule has 11 atom stereocenters. The third-order valence-electron chi connectivity index (χ3n) is 12.2. The van der Waals surface area contributed by atoms with Crippen LogP contribution in [0.1, 0.15) is 92.4 Å². The van der Waals surface area contributed by atoms with Gasteiger partial charge in [-0.25, -0.2) is 0 Å². The van der Waals surface area contributed by atoms with E-state index in [9.17, 15) is 0 Å². The standard InChI is InChI=1S/C35H70O3Si3/c1-24(2)15-16-25(3)28-17-18-29-33-30(23-32(35(28,29)5)38-41(12,13)14)34(4)20-19-27(36-39(6,7)8)21-26(34)22-31(33)37-40(9,10)11/h24-33H,15-23H2,1-14H3/t25?,26-,27+,28?,29?,30?,31+,32-,33?,34?,35?/m0/s1. The Hall–Kier alpha value is 0.531. The zero-order valence-electron chi connectivity index (χ0n) is 29.9. The van der Waals surface area contributed by atoms with E-state index >= 15 is 0 Å². The number of hydrogen-bond donors (Lipinski definition) is 0. The zero-order valence-corrected chi connectivity index (χ0v) is 32.9. The topological polar surface area (TPSA) is 27.7 Å². The van der Waals surface area contributed by atoms with Crippen LogP contribution in [0.5, 0.6) is 0 Å². The van der Waals surface area contributed by atoms with Crippen molar-refractivity contribution in [1.29, 1.82) is 0 Å². The van der Waals surface area contributed by atoms with Crippen molar-refractivity contribution in [3.05, 3.63) is 0 Å². The van der Waals surface area contributed by atoms with E-state index < -0.39 is 25.0 Å². The predicted octanol–water partition coefficient (Wildman–Crippen LogP) is 10.6. The summed E-state index contributed by atoms with van der Waals surface area (Å²) >= 11 is 0. The summed E-state index contributed by atoms with van der Waals surface area (Å²) in [6.07, 6.45) is 13.1. The van der Waals surface area contributed by atoms with E-state index in [-0.39, 0.29) is 5.41 Å². The molecule has 0 heterocycles. The van der Waals surface area contributed by atoms with Gasteiger partial charge in [-0.3, -0.25) is 0 Å². The summed E-state index contributed by atoms with van der Waals surface area (Å²) in [6, 6.07) is 0. The highest BCUT2D eigenvalue weighted by Gasteiger charge is 2.67. The minimum Gasteiger partial charge on any atom is -0.415 e. The highest BCUT2D eigenvalue weighted by Crippen LogP contribution is 2.69. The van der Waals surface area contributed by atoms with Gasteiger partial charge in [-0.05, 0) is 156 Å². The fourth-order valence-corrected chi connectivity index (χ4v) is 14.2. The lowest BCUT2D eigenvalue weighted by Gasteiger charge is -2.66. The first-order chi connectivity index (χ1) is 18.6. The van der Waals surface area contributed by atoms with E-state index in [0.29, 0.717) is 41.5 Å². The molecule has 0 aliphatic heterocycles. The Balaban J connectivity index is 1.73. The van der Waals surface area contributed by atoms with Gasteiger partial charge >= 0.3 is 0 Å². The van der Waals surface area contributed by atoms with Crippen LogP contribution in [-0.2, 0) is 13.3 Å². The van der Waals surface area contributed by atoms with E-state index in [2.05, 4.69) is 93.5 Å². The third-order valence-corrected chi connectivity index (χ3v) is 15.2. The van der Waals surface area contributed by atoms with Crippen molar-refractivity contribution in [3.8, 4) is 0 Å². The molecule has 6 heteroatoms. The quantitative estimate of drug-likeness (QED) is 0.227. The summed E-state index contributed by atoms with van der Waals surface area (Å²) in [5, 5.41) is 0. The molecule has 0 N–H and O–H groups in total. The average molecular weight is 623 g/mol. The molecule has 0 aromatic heterocycles. The van der Waals surface area contributed by atoms with E-state index in [0.717, 1.165) is 23.7 Å². The molecule has 4 aliphatic rings. The van der Waals surface area contributed by atoms with Gasteiger partial charge in [0.25, 0.3) is 0 Å². The first-order valence-corrected chi connectivity index (χ1v) is 27.9. The first kappa shape index (κ1) is 34.4. The van der Waals surface area contributed by atoms with Crippen molar-refractivity contribution in [2.45, 2.75) is 170 Å². The van der Waals surface area contributed by atoms with Crippen molar-refractivity contribution >= 4 is 25.0 Å². The monoisotopic (exact) mass is 622 g/mol. The van der Waals surface area contributed by atoms with Gasteiger partial charge < -0.3 is 13.3 Å². The van der Waals surface area contributed by atoms with Crippen LogP contribution in [0.3, 0.4) is 0 Å². The van der Waals surface area contributed by atoms with Crippen LogP contribution in [0.2, 0.25) is 58.9 Å². The molecule has 0 saturated heterocycles. The molecule has 0 aromatic carbocycles. The Labute approximate surface area is 259 Å². The smallest absolute Gasteiger partial charge is 0.184 e. The van der Waals surface area contributed by atoms with E-state index in [1.54, 1.807) is 0 Å². The van der Waals surface area contributed by atoms with E-state index in [1.807, 2.05) is 0 Å². The van der Waals surface area contributed by atoms with Crippen LogP contribution in [0.25, 0.3) is 0 Å². The van der Waals surface area contributed by atoms with Gasteiger partial charge in [-0.1, -0.05) is 47.5 Å². The highest BCUT2D eigenvalue weighted by molar-refractivity contribution is 6.70. The number of rotatable bonds is 10. The Morgan fingerprint density at radius 2 is 1.29 bits per heavy atom. The van der Waals surface area contributed by atoms with Gasteiger partial charge in [-0.15, -0.1) is 0 Å². The zero-order chi connectivity index (χ0) is 30.8. The Morgan fingerprint density at radius 3 is 1.85 bits per heavy atom. The number of hydrogen-bond acceptors (Lipinski definition) is 3. The van der Waals surface area contributed by atoms with Gasteiger partial charge in [0, 0.05) is 12.2 Å². The van der Waals surface area contributed by atoms with Crippen LogP contribution < -0.4 is 0 Å². The van der Waals surface area contributed by atoms with E-state index in [4.69, 9.17) is 13.3 Å². The number of fused-ring (bicyclic) bond motifs is 5. The SMILES string of the molecule is CC(C)CCC(C)C1CCC2C3C(C[C@H](O[Si](C)(C)C)C12C)C1(C)CC[C@@H](O[Si](C)(C)C)C[C@H]1C[C@H]3O[Si](C)(C)C. The molecule has 0 spiro atoms. The van der Waals surface area contributed by atoms with Crippen molar-refractivity contribution in [1.82, 2.24) is 0 Å². The molecule has 0 radical (unpaired) electrons. The third kappa shape index (κ3) is 7.51. The molecule has 4 rings (SSSR count). The van der Waals surface area contributed by atoms with Gasteiger partial charge in [0.2, 0.25) is 0 Å². The minimum absolute atomic E-state index is 0.264. The molecule has 4 saturated carbocycles.